The molecule has 0 saturated heterocycles. The fourth-order valence-electron chi connectivity index (χ4n) is 3.10. The second-order valence-corrected chi connectivity index (χ2v) is 8.76. The molecule has 0 aliphatic rings. The predicted molar refractivity (Wildman–Crippen MR) is 118 cm³/mol. The average Bonchev–Trinajstić information content (AvgIpc) is 2.79. The van der Waals surface area contributed by atoms with Crippen molar-refractivity contribution in [2.24, 2.45) is 5.73 Å². The van der Waals surface area contributed by atoms with Crippen LogP contribution in [0.2, 0.25) is 0 Å². The van der Waals surface area contributed by atoms with Gasteiger partial charge in [-0.15, -0.1) is 4.83 Å². The molecule has 32 heavy (non-hydrogen) atoms. The number of carbonyl (C=O) groups is 2. The third kappa shape index (κ3) is 5.01. The van der Waals surface area contributed by atoms with E-state index in [4.69, 9.17) is 5.73 Å². The van der Waals surface area contributed by atoms with E-state index in [9.17, 15) is 22.8 Å². The van der Waals surface area contributed by atoms with E-state index in [1.54, 1.807) is 24.3 Å². The molecule has 11 heteroatoms. The van der Waals surface area contributed by atoms with Gasteiger partial charge in [0, 0.05) is 17.5 Å². The predicted octanol–water partition coefficient (Wildman–Crippen LogP) is 1.31. The van der Waals surface area contributed by atoms with Crippen molar-refractivity contribution in [3.63, 3.8) is 0 Å². The van der Waals surface area contributed by atoms with Gasteiger partial charge in [-0.2, -0.15) is 5.10 Å². The Labute approximate surface area is 184 Å². The zero-order valence-electron chi connectivity index (χ0n) is 17.4. The first-order chi connectivity index (χ1) is 15.2. The Morgan fingerprint density at radius 2 is 1.69 bits per heavy atom. The first-order valence-corrected chi connectivity index (χ1v) is 11.4. The summed E-state index contributed by atoms with van der Waals surface area (Å²) < 4.78 is 26.2. The van der Waals surface area contributed by atoms with Gasteiger partial charge >= 0.3 is 0 Å². The van der Waals surface area contributed by atoms with Crippen molar-refractivity contribution in [1.29, 1.82) is 0 Å². The molecule has 0 unspecified atom stereocenters. The average molecular weight is 458 g/mol. The highest BCUT2D eigenvalue weighted by atomic mass is 32.2. The van der Waals surface area contributed by atoms with Gasteiger partial charge in [0.1, 0.15) is 0 Å². The highest BCUT2D eigenvalue weighted by molar-refractivity contribution is 7.89. The molecule has 2 amide bonds. The second-order valence-electron chi connectivity index (χ2n) is 7.08. The minimum absolute atomic E-state index is 0.0801. The van der Waals surface area contributed by atoms with E-state index in [-0.39, 0.29) is 21.7 Å². The number of aryl methyl sites for hydroxylation is 1. The van der Waals surface area contributed by atoms with Crippen molar-refractivity contribution in [3.8, 4) is 0 Å². The van der Waals surface area contributed by atoms with Crippen LogP contribution in [-0.2, 0) is 16.6 Å². The Bertz CT molecular complexity index is 1320. The van der Waals surface area contributed by atoms with Crippen LogP contribution in [0.25, 0.3) is 10.8 Å². The number of aromatic nitrogens is 2. The molecule has 0 aliphatic carbocycles. The Morgan fingerprint density at radius 1 is 1.03 bits per heavy atom. The van der Waals surface area contributed by atoms with Gasteiger partial charge in [-0.05, 0) is 36.8 Å². The largest absolute Gasteiger partial charge is 0.366 e. The van der Waals surface area contributed by atoms with Crippen molar-refractivity contribution < 1.29 is 18.0 Å². The Morgan fingerprint density at radius 3 is 2.31 bits per heavy atom. The van der Waals surface area contributed by atoms with Crippen LogP contribution in [0.1, 0.15) is 47.0 Å². The van der Waals surface area contributed by atoms with Crippen molar-refractivity contribution in [2.45, 2.75) is 37.6 Å². The van der Waals surface area contributed by atoms with Crippen LogP contribution in [0.5, 0.6) is 0 Å². The van der Waals surface area contributed by atoms with Gasteiger partial charge in [-0.3, -0.25) is 19.8 Å². The molecule has 1 aromatic heterocycles. The number of nitrogens with one attached hydrogen (secondary N) is 2. The van der Waals surface area contributed by atoms with Crippen molar-refractivity contribution in [1.82, 2.24) is 20.0 Å². The van der Waals surface area contributed by atoms with Gasteiger partial charge in [0.25, 0.3) is 21.5 Å². The lowest BCUT2D eigenvalue weighted by atomic mass is 10.1. The summed E-state index contributed by atoms with van der Waals surface area (Å²) in [4.78, 5) is 38.5. The van der Waals surface area contributed by atoms with Gasteiger partial charge in [0.2, 0.25) is 5.91 Å². The normalized spacial score (nSPS) is 11.4. The lowest BCUT2D eigenvalue weighted by Gasteiger charge is -2.12. The monoisotopic (exact) mass is 457 g/mol. The number of nitrogens with two attached hydrogens (primary N) is 1. The maximum Gasteiger partial charge on any atom is 0.287 e. The molecule has 0 saturated carbocycles. The number of primary amides is 1. The van der Waals surface area contributed by atoms with Crippen LogP contribution in [0.15, 0.2) is 58.2 Å². The van der Waals surface area contributed by atoms with E-state index in [1.165, 1.54) is 28.9 Å². The van der Waals surface area contributed by atoms with Gasteiger partial charge < -0.3 is 5.73 Å². The Hall–Kier alpha value is -3.57. The van der Waals surface area contributed by atoms with E-state index >= 15 is 0 Å². The minimum atomic E-state index is -4.13. The number of hydrazine groups is 1. The number of hydrogen-bond donors (Lipinski definition) is 3. The number of carbonyl (C=O) groups excluding carboxylic acids is 2. The summed E-state index contributed by atoms with van der Waals surface area (Å²) >= 11 is 0. The number of nitrogens with zero attached hydrogens (tertiary/aromatic N) is 2. The standard InChI is InChI=1S/C21H23N5O5S/c1-2-3-6-13-26-21(29)17-8-5-4-7-16(17)18(24-26)20(28)23-25-32(30,31)15-11-9-14(10-12-15)19(22)27/h4-5,7-12,25H,2-3,6,13H2,1H3,(H2,22,27)(H,23,28). The molecule has 4 N–H and O–H groups in total. The number of rotatable bonds is 9. The third-order valence-corrected chi connectivity index (χ3v) is 6.07. The minimum Gasteiger partial charge on any atom is -0.366 e. The highest BCUT2D eigenvalue weighted by Crippen LogP contribution is 2.14. The first-order valence-electron chi connectivity index (χ1n) is 9.96. The molecule has 0 spiro atoms. The number of unbranched alkanes of at least 4 members (excludes halogenated alkanes) is 2. The maximum atomic E-state index is 12.8. The van der Waals surface area contributed by atoms with Crippen LogP contribution in [0.4, 0.5) is 0 Å². The van der Waals surface area contributed by atoms with Crippen molar-refractivity contribution >= 4 is 32.6 Å². The van der Waals surface area contributed by atoms with E-state index in [2.05, 4.69) is 10.5 Å². The fraction of sp³-hybridized carbons (Fsp3) is 0.238. The van der Waals surface area contributed by atoms with Gasteiger partial charge in [0.15, 0.2) is 5.69 Å². The summed E-state index contributed by atoms with van der Waals surface area (Å²) in [6.45, 7) is 2.37. The lowest BCUT2D eigenvalue weighted by molar-refractivity contribution is 0.0938. The molecule has 0 fully saturated rings. The summed E-state index contributed by atoms with van der Waals surface area (Å²) in [6, 6.07) is 11.4. The Kier molecular flexibility index (Phi) is 7.01. The summed E-state index contributed by atoms with van der Waals surface area (Å²) in [5, 5.41) is 4.81. The number of amides is 2. The Balaban J connectivity index is 1.86. The van der Waals surface area contributed by atoms with E-state index < -0.39 is 21.8 Å². The zero-order valence-corrected chi connectivity index (χ0v) is 18.2. The van der Waals surface area contributed by atoms with E-state index in [0.29, 0.717) is 17.3 Å². The third-order valence-electron chi connectivity index (χ3n) is 4.80. The summed E-state index contributed by atoms with van der Waals surface area (Å²) in [5.41, 5.74) is 7.04. The van der Waals surface area contributed by atoms with Gasteiger partial charge in [0.05, 0.1) is 10.3 Å². The lowest BCUT2D eigenvalue weighted by Crippen LogP contribution is -2.42. The molecule has 0 bridgehead atoms. The van der Waals surface area contributed by atoms with Crippen LogP contribution in [-0.4, -0.2) is 30.0 Å². The molecule has 3 rings (SSSR count). The topological polar surface area (TPSA) is 153 Å². The molecule has 2 aromatic carbocycles. The molecule has 10 nitrogen and oxygen atoms in total. The number of sulfonamides is 1. The van der Waals surface area contributed by atoms with Crippen LogP contribution in [0.3, 0.4) is 0 Å². The molecule has 1 heterocycles. The molecule has 0 aliphatic heterocycles. The second kappa shape index (κ2) is 9.71. The molecular formula is C21H23N5O5S. The van der Waals surface area contributed by atoms with Crippen LogP contribution in [0, 0.1) is 0 Å². The van der Waals surface area contributed by atoms with Crippen LogP contribution >= 0.6 is 0 Å². The molecule has 168 valence electrons. The van der Waals surface area contributed by atoms with E-state index in [1.807, 2.05) is 11.8 Å². The highest BCUT2D eigenvalue weighted by Gasteiger charge is 2.20. The summed E-state index contributed by atoms with van der Waals surface area (Å²) in [6.07, 6.45) is 2.57. The first kappa shape index (κ1) is 23.1. The fourth-order valence-corrected chi connectivity index (χ4v) is 3.94. The zero-order chi connectivity index (χ0) is 23.3. The maximum absolute atomic E-state index is 12.8. The van der Waals surface area contributed by atoms with Crippen molar-refractivity contribution in [2.75, 3.05) is 0 Å². The number of fused-ring (bicyclic) bond motifs is 1. The van der Waals surface area contributed by atoms with Gasteiger partial charge in [-0.1, -0.05) is 38.0 Å². The van der Waals surface area contributed by atoms with E-state index in [0.717, 1.165) is 19.3 Å². The smallest absolute Gasteiger partial charge is 0.287 e. The molecular weight excluding hydrogens is 434 g/mol. The number of benzene rings is 2. The quantitative estimate of drug-likeness (QED) is 0.325. The van der Waals surface area contributed by atoms with Gasteiger partial charge in [-0.25, -0.2) is 13.1 Å². The molecule has 3 aromatic rings. The molecule has 0 radical (unpaired) electrons. The summed E-state index contributed by atoms with van der Waals surface area (Å²) in [5.74, 6) is -1.51. The number of hydrogen-bond acceptors (Lipinski definition) is 6. The molecule has 0 atom stereocenters. The SMILES string of the molecule is CCCCCn1nc(C(=O)NNS(=O)(=O)c2ccc(C(N)=O)cc2)c2ccccc2c1=O. The summed E-state index contributed by atoms with van der Waals surface area (Å²) in [7, 11) is -4.13. The van der Waals surface area contributed by atoms with Crippen molar-refractivity contribution in [3.05, 3.63) is 70.1 Å². The van der Waals surface area contributed by atoms with Crippen LogP contribution < -0.4 is 21.5 Å².